The van der Waals surface area contributed by atoms with E-state index in [1.807, 2.05) is 43.3 Å². The van der Waals surface area contributed by atoms with E-state index in [0.29, 0.717) is 6.54 Å². The van der Waals surface area contributed by atoms with Crippen LogP contribution in [-0.2, 0) is 16.1 Å². The third-order valence-electron chi connectivity index (χ3n) is 7.21. The summed E-state index contributed by atoms with van der Waals surface area (Å²) in [6, 6.07) is 22.5. The van der Waals surface area contributed by atoms with Gasteiger partial charge in [0.25, 0.3) is 0 Å². The fourth-order valence-corrected chi connectivity index (χ4v) is 5.01. The van der Waals surface area contributed by atoms with E-state index in [9.17, 15) is 9.59 Å². The highest BCUT2D eigenvalue weighted by Crippen LogP contribution is 2.31. The van der Waals surface area contributed by atoms with Gasteiger partial charge in [-0.1, -0.05) is 61.7 Å². The van der Waals surface area contributed by atoms with Crippen LogP contribution < -0.4 is 9.80 Å². The zero-order valence-electron chi connectivity index (χ0n) is 22.0. The molecule has 1 aliphatic carbocycles. The summed E-state index contributed by atoms with van der Waals surface area (Å²) in [6.45, 7) is 2.58. The van der Waals surface area contributed by atoms with Crippen molar-refractivity contribution in [2.75, 3.05) is 23.9 Å². The van der Waals surface area contributed by atoms with Gasteiger partial charge in [0, 0.05) is 37.5 Å². The second-order valence-corrected chi connectivity index (χ2v) is 10.1. The van der Waals surface area contributed by atoms with E-state index in [1.165, 1.54) is 6.42 Å². The lowest BCUT2D eigenvalue weighted by Gasteiger charge is -2.30. The molecule has 1 fully saturated rings. The molecule has 1 aliphatic rings. The molecule has 1 amide bonds. The highest BCUT2D eigenvalue weighted by atomic mass is 16.4. The van der Waals surface area contributed by atoms with Crippen LogP contribution in [-0.4, -0.2) is 31.1 Å². The van der Waals surface area contributed by atoms with Crippen LogP contribution in [0, 0.1) is 12.8 Å². The Morgan fingerprint density at radius 2 is 1.59 bits per heavy atom. The number of hydrogen-bond donors (Lipinski definition) is 1. The lowest BCUT2D eigenvalue weighted by Crippen LogP contribution is -2.37. The first kappa shape index (κ1) is 26.2. The van der Waals surface area contributed by atoms with Crippen LogP contribution in [0.2, 0.25) is 0 Å². The van der Waals surface area contributed by atoms with Gasteiger partial charge in [-0.25, -0.2) is 4.79 Å². The lowest BCUT2D eigenvalue weighted by atomic mass is 9.88. The Morgan fingerprint density at radius 1 is 0.892 bits per heavy atom. The molecule has 0 bridgehead atoms. The molecule has 37 heavy (non-hydrogen) atoms. The number of aliphatic carboxylic acids is 1. The van der Waals surface area contributed by atoms with E-state index in [0.717, 1.165) is 71.0 Å². The van der Waals surface area contributed by atoms with Crippen molar-refractivity contribution < 1.29 is 14.7 Å². The summed E-state index contributed by atoms with van der Waals surface area (Å²) in [6.07, 6.45) is 7.91. The number of carbonyl (C=O) groups excluding carboxylic acids is 1. The monoisotopic (exact) mass is 496 g/mol. The molecule has 5 heteroatoms. The summed E-state index contributed by atoms with van der Waals surface area (Å²) >= 11 is 0. The van der Waals surface area contributed by atoms with Crippen molar-refractivity contribution in [3.05, 3.63) is 89.5 Å². The van der Waals surface area contributed by atoms with Crippen LogP contribution >= 0.6 is 0 Å². The highest BCUT2D eigenvalue weighted by molar-refractivity contribution is 5.95. The topological polar surface area (TPSA) is 60.9 Å². The number of anilines is 2. The number of rotatable bonds is 8. The van der Waals surface area contributed by atoms with Crippen molar-refractivity contribution in [2.45, 2.75) is 45.6 Å². The Hall–Kier alpha value is -3.86. The first-order valence-corrected chi connectivity index (χ1v) is 13.0. The lowest BCUT2D eigenvalue weighted by molar-refractivity contribution is -0.131. The van der Waals surface area contributed by atoms with Crippen LogP contribution in [0.5, 0.6) is 0 Å². The molecule has 0 atom stereocenters. The second-order valence-electron chi connectivity index (χ2n) is 10.1. The normalized spacial score (nSPS) is 14.0. The Kier molecular flexibility index (Phi) is 8.44. The molecule has 0 spiro atoms. The Labute approximate surface area is 220 Å². The zero-order valence-corrected chi connectivity index (χ0v) is 22.0. The minimum absolute atomic E-state index is 0.0294. The molecule has 3 aromatic rings. The third kappa shape index (κ3) is 6.67. The van der Waals surface area contributed by atoms with Crippen molar-refractivity contribution in [3.8, 4) is 11.1 Å². The molecule has 1 N–H and O–H groups in total. The maximum atomic E-state index is 13.8. The minimum atomic E-state index is -0.993. The fraction of sp³-hybridized carbons (Fsp3) is 0.312. The molecular formula is C32H36N2O3. The number of benzene rings is 3. The summed E-state index contributed by atoms with van der Waals surface area (Å²) in [5, 5.41) is 9.03. The van der Waals surface area contributed by atoms with Crippen LogP contribution in [0.3, 0.4) is 0 Å². The van der Waals surface area contributed by atoms with Crippen LogP contribution in [0.25, 0.3) is 17.2 Å². The number of nitrogens with zero attached hydrogens (tertiary/aromatic N) is 2. The number of aryl methyl sites for hydroxylation is 1. The molecule has 5 nitrogen and oxygen atoms in total. The van der Waals surface area contributed by atoms with Gasteiger partial charge in [-0.05, 0) is 77.9 Å². The van der Waals surface area contributed by atoms with Crippen molar-refractivity contribution in [3.63, 3.8) is 0 Å². The van der Waals surface area contributed by atoms with Gasteiger partial charge in [0.15, 0.2) is 0 Å². The van der Waals surface area contributed by atoms with E-state index >= 15 is 0 Å². The molecule has 4 rings (SSSR count). The van der Waals surface area contributed by atoms with Gasteiger partial charge in [0.1, 0.15) is 0 Å². The van der Waals surface area contributed by atoms with Gasteiger partial charge < -0.3 is 14.9 Å². The molecule has 192 valence electrons. The van der Waals surface area contributed by atoms with Crippen molar-refractivity contribution >= 4 is 29.3 Å². The van der Waals surface area contributed by atoms with Gasteiger partial charge in [-0.3, -0.25) is 4.79 Å². The number of hydrogen-bond acceptors (Lipinski definition) is 3. The van der Waals surface area contributed by atoms with Gasteiger partial charge in [0.05, 0.1) is 6.54 Å². The first-order chi connectivity index (χ1) is 17.8. The predicted molar refractivity (Wildman–Crippen MR) is 152 cm³/mol. The number of amides is 1. The van der Waals surface area contributed by atoms with E-state index in [2.05, 4.69) is 54.3 Å². The second kappa shape index (κ2) is 11.9. The number of carboxylic acid groups (broad SMARTS) is 1. The quantitative estimate of drug-likeness (QED) is 0.343. The van der Waals surface area contributed by atoms with Gasteiger partial charge in [0.2, 0.25) is 5.91 Å². The van der Waals surface area contributed by atoms with Crippen LogP contribution in [0.1, 0.15) is 48.8 Å². The molecule has 0 heterocycles. The van der Waals surface area contributed by atoms with Crippen molar-refractivity contribution in [2.24, 2.45) is 5.92 Å². The summed E-state index contributed by atoms with van der Waals surface area (Å²) in [4.78, 5) is 28.8. The maximum absolute atomic E-state index is 13.8. The summed E-state index contributed by atoms with van der Waals surface area (Å²) in [5.74, 6) is -0.809. The van der Waals surface area contributed by atoms with E-state index in [4.69, 9.17) is 5.11 Å². The largest absolute Gasteiger partial charge is 0.478 e. The van der Waals surface area contributed by atoms with Gasteiger partial charge in [-0.15, -0.1) is 0 Å². The van der Waals surface area contributed by atoms with E-state index < -0.39 is 5.97 Å². The summed E-state index contributed by atoms with van der Waals surface area (Å²) < 4.78 is 0. The van der Waals surface area contributed by atoms with Gasteiger partial charge in [-0.2, -0.15) is 0 Å². The molecular weight excluding hydrogens is 460 g/mol. The van der Waals surface area contributed by atoms with Crippen LogP contribution in [0.4, 0.5) is 11.4 Å². The summed E-state index contributed by atoms with van der Waals surface area (Å²) in [7, 11) is 4.07. The standard InChI is InChI=1S/C32H36N2O3/c1-23-20-27(25-15-17-29(18-16-25)33(2)3)13-14-28(23)22-34(32(37)26-9-5-4-6-10-26)30-11-7-8-24(21-30)12-19-31(35)36/h7-8,11-21,26H,4-6,9-10,22H2,1-3H3,(H,35,36). The Morgan fingerprint density at radius 3 is 2.24 bits per heavy atom. The minimum Gasteiger partial charge on any atom is -0.478 e. The van der Waals surface area contributed by atoms with Crippen molar-refractivity contribution in [1.82, 2.24) is 0 Å². The third-order valence-corrected chi connectivity index (χ3v) is 7.21. The Bertz CT molecular complexity index is 1270. The van der Waals surface area contributed by atoms with Crippen molar-refractivity contribution in [1.29, 1.82) is 0 Å². The first-order valence-electron chi connectivity index (χ1n) is 13.0. The number of carboxylic acids is 1. The maximum Gasteiger partial charge on any atom is 0.328 e. The van der Waals surface area contributed by atoms with Gasteiger partial charge >= 0.3 is 5.97 Å². The number of carbonyl (C=O) groups is 2. The molecule has 3 aromatic carbocycles. The molecule has 0 saturated heterocycles. The van der Waals surface area contributed by atoms with Crippen LogP contribution in [0.15, 0.2) is 72.8 Å². The molecule has 0 aromatic heterocycles. The highest BCUT2D eigenvalue weighted by Gasteiger charge is 2.27. The molecule has 0 radical (unpaired) electrons. The fourth-order valence-electron chi connectivity index (χ4n) is 5.01. The smallest absolute Gasteiger partial charge is 0.328 e. The Balaban J connectivity index is 1.63. The molecule has 1 saturated carbocycles. The SMILES string of the molecule is Cc1cc(-c2ccc(N(C)C)cc2)ccc1CN(C(=O)C1CCCCC1)c1cccc(C=CC(=O)O)c1. The average Bonchev–Trinajstić information content (AvgIpc) is 2.91. The average molecular weight is 497 g/mol. The zero-order chi connectivity index (χ0) is 26.4. The van der Waals surface area contributed by atoms with E-state index in [-0.39, 0.29) is 11.8 Å². The molecule has 0 unspecified atom stereocenters. The summed E-state index contributed by atoms with van der Waals surface area (Å²) in [5.41, 5.74) is 7.27. The van der Waals surface area contributed by atoms with E-state index in [1.54, 1.807) is 6.08 Å². The predicted octanol–water partition coefficient (Wildman–Crippen LogP) is 6.94. The molecule has 0 aliphatic heterocycles.